The van der Waals surface area contributed by atoms with E-state index < -0.39 is 69.7 Å². The summed E-state index contributed by atoms with van der Waals surface area (Å²) < 4.78 is 0. The Kier molecular flexibility index (Phi) is 10.9. The average Bonchev–Trinajstić information content (AvgIpc) is 2.87. The highest BCUT2D eigenvalue weighted by Crippen LogP contribution is 2.54. The molecule has 2 amide bonds. The number of rotatable bonds is 8. The number of Topliss-reactive ketones (excluding diaryl/α,β-unsaturated/α-hetero) is 2. The van der Waals surface area contributed by atoms with Crippen LogP contribution in [0.3, 0.4) is 0 Å². The molecule has 0 aromatic heterocycles. The Hall–Kier alpha value is -3.36. The average molecular weight is 645 g/mol. The third-order valence-electron chi connectivity index (χ3n) is 8.17. The molecule has 2 unspecified atom stereocenters. The SMILES string of the molecule is CCCNCC(=O)Nc1cc(N(C)C)c2c(c1O)C(O)=C1C(=O)[C@]3(O)C(O)=C(C(N)=O)C(=O)[C@@H](N(C)C)C3CC1C2.Cl.Cl. The second-order valence-corrected chi connectivity index (χ2v) is 11.2. The van der Waals surface area contributed by atoms with Crippen molar-refractivity contribution in [2.45, 2.75) is 37.8 Å². The molecule has 3 aliphatic carbocycles. The van der Waals surface area contributed by atoms with Gasteiger partial charge in [-0.25, -0.2) is 0 Å². The summed E-state index contributed by atoms with van der Waals surface area (Å²) in [6.07, 6.45) is 0.948. The number of aliphatic hydroxyl groups is 3. The van der Waals surface area contributed by atoms with Crippen LogP contribution < -0.4 is 21.3 Å². The lowest BCUT2D eigenvalue weighted by atomic mass is 9.57. The summed E-state index contributed by atoms with van der Waals surface area (Å²) in [5.74, 6) is -7.73. The molecule has 1 fully saturated rings. The number of fused-ring (bicyclic) bond motifs is 3. The van der Waals surface area contributed by atoms with E-state index in [-0.39, 0.29) is 61.0 Å². The van der Waals surface area contributed by atoms with Crippen LogP contribution in [0.1, 0.15) is 30.9 Å². The second-order valence-electron chi connectivity index (χ2n) is 11.2. The number of nitrogens with one attached hydrogen (secondary N) is 2. The van der Waals surface area contributed by atoms with Crippen LogP contribution in [0.25, 0.3) is 5.76 Å². The number of ketones is 2. The maximum Gasteiger partial charge on any atom is 0.255 e. The number of aromatic hydroxyl groups is 1. The predicted molar refractivity (Wildman–Crippen MR) is 165 cm³/mol. The minimum Gasteiger partial charge on any atom is -0.508 e. The molecule has 13 nitrogen and oxygen atoms in total. The standard InChI is InChI=1S/C28H37N5O8.2ClH/c1-6-7-30-11-17(34)31-15-10-16(32(2)3)13-8-12-9-14-21(33(4)5)24(37)20(27(29)40)26(39)28(14,41)25(38)18(12)23(36)19(13)22(15)35;;/h10,12,14,21,30,35-36,39,41H,6-9,11H2,1-5H3,(H2,29,40)(H,31,34);2*1H/t12?,14?,21-,28-;;/m0../s1. The number of phenols is 1. The maximum atomic E-state index is 14.0. The van der Waals surface area contributed by atoms with Crippen LogP contribution in [0.2, 0.25) is 0 Å². The van der Waals surface area contributed by atoms with E-state index in [0.29, 0.717) is 17.8 Å². The quantitative estimate of drug-likeness (QED) is 0.120. The highest BCUT2D eigenvalue weighted by atomic mass is 35.5. The van der Waals surface area contributed by atoms with Gasteiger partial charge in [-0.1, -0.05) is 6.92 Å². The number of phenolic OH excluding ortho intramolecular Hbond substituents is 1. The van der Waals surface area contributed by atoms with Gasteiger partial charge in [0.25, 0.3) is 5.91 Å². The van der Waals surface area contributed by atoms with E-state index in [9.17, 15) is 39.6 Å². The molecule has 0 spiro atoms. The Balaban J connectivity index is 0.00000323. The molecule has 0 radical (unpaired) electrons. The molecule has 4 rings (SSSR count). The van der Waals surface area contributed by atoms with Crippen LogP contribution in [0.15, 0.2) is 23.0 Å². The number of hydrogen-bond donors (Lipinski definition) is 7. The largest absolute Gasteiger partial charge is 0.508 e. The highest BCUT2D eigenvalue weighted by molar-refractivity contribution is 6.24. The zero-order valence-electron chi connectivity index (χ0n) is 24.6. The third-order valence-corrected chi connectivity index (χ3v) is 8.17. The zero-order valence-corrected chi connectivity index (χ0v) is 26.2. The normalized spacial score (nSPS) is 24.4. The van der Waals surface area contributed by atoms with Crippen molar-refractivity contribution >= 4 is 65.3 Å². The van der Waals surface area contributed by atoms with E-state index in [0.717, 1.165) is 6.42 Å². The molecular formula is C28H39Cl2N5O8. The Morgan fingerprint density at radius 2 is 1.74 bits per heavy atom. The van der Waals surface area contributed by atoms with Crippen LogP contribution in [0, 0.1) is 11.8 Å². The molecule has 1 aromatic rings. The number of carbonyl (C=O) groups excluding carboxylic acids is 4. The molecule has 3 aliphatic rings. The molecule has 1 saturated carbocycles. The number of benzene rings is 1. The zero-order chi connectivity index (χ0) is 30.5. The third kappa shape index (κ3) is 5.67. The number of nitrogens with two attached hydrogens (primary N) is 1. The lowest BCUT2D eigenvalue weighted by Crippen LogP contribution is -2.65. The minimum atomic E-state index is -2.72. The molecule has 0 saturated heterocycles. The number of carbonyl (C=O) groups is 4. The lowest BCUT2D eigenvalue weighted by Gasteiger charge is -2.50. The van der Waals surface area contributed by atoms with Gasteiger partial charge in [-0.05, 0) is 57.5 Å². The molecule has 43 heavy (non-hydrogen) atoms. The van der Waals surface area contributed by atoms with Gasteiger partial charge in [-0.2, -0.15) is 0 Å². The van der Waals surface area contributed by atoms with Gasteiger partial charge in [0, 0.05) is 31.3 Å². The minimum absolute atomic E-state index is 0. The topological polar surface area (TPSA) is 206 Å². The number of amides is 2. The van der Waals surface area contributed by atoms with Gasteiger partial charge >= 0.3 is 0 Å². The fraction of sp³-hybridized carbons (Fsp3) is 0.500. The van der Waals surface area contributed by atoms with Crippen molar-refractivity contribution in [1.29, 1.82) is 0 Å². The summed E-state index contributed by atoms with van der Waals surface area (Å²) in [6.45, 7) is 2.56. The van der Waals surface area contributed by atoms with Crippen LogP contribution in [0.5, 0.6) is 5.75 Å². The summed E-state index contributed by atoms with van der Waals surface area (Å²) in [6, 6.07) is 0.416. The summed E-state index contributed by atoms with van der Waals surface area (Å²) in [5, 5.41) is 51.1. The first kappa shape index (κ1) is 35.8. The van der Waals surface area contributed by atoms with E-state index in [1.807, 2.05) is 6.92 Å². The number of nitrogens with zero attached hydrogens (tertiary/aromatic N) is 2. The maximum absolute atomic E-state index is 14.0. The van der Waals surface area contributed by atoms with Gasteiger partial charge in [0.2, 0.25) is 11.7 Å². The summed E-state index contributed by atoms with van der Waals surface area (Å²) in [4.78, 5) is 55.1. The fourth-order valence-electron chi connectivity index (χ4n) is 6.36. The molecule has 15 heteroatoms. The Bertz CT molecular complexity index is 1410. The fourth-order valence-corrected chi connectivity index (χ4v) is 6.36. The molecule has 4 atom stereocenters. The smallest absolute Gasteiger partial charge is 0.255 e. The molecule has 1 aromatic carbocycles. The van der Waals surface area contributed by atoms with Crippen molar-refractivity contribution in [2.75, 3.05) is 51.5 Å². The monoisotopic (exact) mass is 643 g/mol. The molecule has 238 valence electrons. The van der Waals surface area contributed by atoms with E-state index in [1.165, 1.54) is 4.90 Å². The Morgan fingerprint density at radius 1 is 1.12 bits per heavy atom. The van der Waals surface area contributed by atoms with Crippen LogP contribution in [0.4, 0.5) is 11.4 Å². The molecule has 8 N–H and O–H groups in total. The van der Waals surface area contributed by atoms with Gasteiger partial charge in [0.1, 0.15) is 22.8 Å². The summed E-state index contributed by atoms with van der Waals surface area (Å²) >= 11 is 0. The van der Waals surface area contributed by atoms with Crippen molar-refractivity contribution in [3.63, 3.8) is 0 Å². The number of likely N-dealkylation sites (N-methyl/N-ethyl adjacent to an activating group) is 1. The Morgan fingerprint density at radius 3 is 2.28 bits per heavy atom. The van der Waals surface area contributed by atoms with Crippen molar-refractivity contribution in [3.8, 4) is 5.75 Å². The van der Waals surface area contributed by atoms with Crippen molar-refractivity contribution in [2.24, 2.45) is 17.6 Å². The highest BCUT2D eigenvalue weighted by Gasteiger charge is 2.64. The van der Waals surface area contributed by atoms with Gasteiger partial charge in [-0.15, -0.1) is 24.8 Å². The van der Waals surface area contributed by atoms with Crippen molar-refractivity contribution in [1.82, 2.24) is 10.2 Å². The first-order chi connectivity index (χ1) is 19.2. The van der Waals surface area contributed by atoms with Crippen LogP contribution in [-0.2, 0) is 25.6 Å². The van der Waals surface area contributed by atoms with Gasteiger partial charge < -0.3 is 41.7 Å². The number of halogens is 2. The van der Waals surface area contributed by atoms with Crippen LogP contribution in [-0.4, -0.2) is 102 Å². The van der Waals surface area contributed by atoms with Gasteiger partial charge in [0.05, 0.1) is 23.8 Å². The van der Waals surface area contributed by atoms with E-state index >= 15 is 0 Å². The number of anilines is 2. The molecule has 0 aliphatic heterocycles. The lowest BCUT2D eigenvalue weighted by molar-refractivity contribution is -0.153. The van der Waals surface area contributed by atoms with Crippen molar-refractivity contribution < 1.29 is 39.6 Å². The number of primary amides is 1. The van der Waals surface area contributed by atoms with E-state index in [1.54, 1.807) is 39.2 Å². The van der Waals surface area contributed by atoms with Gasteiger partial charge in [0.15, 0.2) is 11.4 Å². The van der Waals surface area contributed by atoms with Crippen LogP contribution >= 0.6 is 24.8 Å². The first-order valence-corrected chi connectivity index (χ1v) is 13.4. The van der Waals surface area contributed by atoms with E-state index in [2.05, 4.69) is 10.6 Å². The molecule has 0 bridgehead atoms. The summed E-state index contributed by atoms with van der Waals surface area (Å²) in [5.41, 5.74) is 2.50. The first-order valence-electron chi connectivity index (χ1n) is 13.4. The Labute approximate surface area is 261 Å². The summed E-state index contributed by atoms with van der Waals surface area (Å²) in [7, 11) is 6.59. The number of aliphatic hydroxyl groups excluding tert-OH is 2. The molecule has 0 heterocycles. The van der Waals surface area contributed by atoms with Gasteiger partial charge in [-0.3, -0.25) is 24.1 Å². The number of hydrogen-bond acceptors (Lipinski definition) is 11. The predicted octanol–water partition coefficient (Wildman–Crippen LogP) is 0.812. The molecular weight excluding hydrogens is 605 g/mol. The van der Waals surface area contributed by atoms with E-state index in [4.69, 9.17) is 5.73 Å². The van der Waals surface area contributed by atoms with Crippen molar-refractivity contribution in [3.05, 3.63) is 34.1 Å². The second kappa shape index (κ2) is 13.1.